The van der Waals surface area contributed by atoms with Crippen molar-refractivity contribution >= 4 is 23.7 Å². The number of aliphatic hydroxyl groups is 1. The highest BCUT2D eigenvalue weighted by Crippen LogP contribution is 2.33. The zero-order chi connectivity index (χ0) is 32.4. The Hall–Kier alpha value is -3.72. The highest BCUT2D eigenvalue weighted by Gasteiger charge is 2.41. The van der Waals surface area contributed by atoms with E-state index in [1.807, 2.05) is 55.5 Å². The lowest BCUT2D eigenvalue weighted by molar-refractivity contribution is -0.148. The maximum Gasteiger partial charge on any atom is 0.306 e. The highest BCUT2D eigenvalue weighted by molar-refractivity contribution is 6.01. The fourth-order valence-electron chi connectivity index (χ4n) is 6.52. The molecule has 3 N–H and O–H groups in total. The number of amides is 3. The quantitative estimate of drug-likeness (QED) is 0.245. The molecule has 0 radical (unpaired) electrons. The first kappa shape index (κ1) is 34.2. The molecule has 9 nitrogen and oxygen atoms in total. The number of carbonyl (C=O) groups is 4. The summed E-state index contributed by atoms with van der Waals surface area (Å²) in [5, 5.41) is 17.7. The van der Waals surface area contributed by atoms with Crippen molar-refractivity contribution in [1.29, 1.82) is 0 Å². The first-order chi connectivity index (χ1) is 21.6. The van der Waals surface area contributed by atoms with Crippen LogP contribution >= 0.6 is 0 Å². The Morgan fingerprint density at radius 2 is 1.76 bits per heavy atom. The van der Waals surface area contributed by atoms with Crippen LogP contribution in [0.25, 0.3) is 0 Å². The number of esters is 1. The van der Waals surface area contributed by atoms with Crippen LogP contribution in [0.4, 0.5) is 0 Å². The van der Waals surface area contributed by atoms with E-state index in [2.05, 4.69) is 10.6 Å². The molecule has 0 saturated heterocycles. The molecule has 0 aromatic heterocycles. The molecular formula is C36H49N3O6. The third kappa shape index (κ3) is 9.16. The normalized spacial score (nSPS) is 20.8. The van der Waals surface area contributed by atoms with Gasteiger partial charge in [0.05, 0.1) is 17.7 Å². The van der Waals surface area contributed by atoms with Crippen molar-refractivity contribution in [3.05, 3.63) is 71.3 Å². The lowest BCUT2D eigenvalue weighted by Crippen LogP contribution is -2.60. The van der Waals surface area contributed by atoms with Gasteiger partial charge in [-0.2, -0.15) is 0 Å². The van der Waals surface area contributed by atoms with Crippen molar-refractivity contribution in [1.82, 2.24) is 15.5 Å². The van der Waals surface area contributed by atoms with E-state index < -0.39 is 23.7 Å². The Labute approximate surface area is 267 Å². The number of nitrogens with zero attached hydrogens (tertiary/aromatic N) is 1. The average Bonchev–Trinajstić information content (AvgIpc) is 3.35. The summed E-state index contributed by atoms with van der Waals surface area (Å²) in [4.78, 5) is 54.9. The molecule has 2 aromatic rings. The topological polar surface area (TPSA) is 125 Å². The van der Waals surface area contributed by atoms with Gasteiger partial charge in [-0.3, -0.25) is 19.2 Å². The zero-order valence-electron chi connectivity index (χ0n) is 26.9. The lowest BCUT2D eigenvalue weighted by atomic mass is 9.77. The van der Waals surface area contributed by atoms with Gasteiger partial charge in [-0.25, -0.2) is 0 Å². The summed E-state index contributed by atoms with van der Waals surface area (Å²) < 4.78 is 5.23. The second-order valence-electron chi connectivity index (χ2n) is 12.8. The summed E-state index contributed by atoms with van der Waals surface area (Å²) in [6, 6.07) is 14.9. The van der Waals surface area contributed by atoms with Gasteiger partial charge in [0, 0.05) is 24.9 Å². The summed E-state index contributed by atoms with van der Waals surface area (Å²) >= 11 is 0. The molecule has 244 valence electrons. The second-order valence-corrected chi connectivity index (χ2v) is 12.8. The summed E-state index contributed by atoms with van der Waals surface area (Å²) in [6.07, 6.45) is 6.00. The van der Waals surface area contributed by atoms with E-state index in [1.165, 1.54) is 0 Å². The zero-order valence-corrected chi connectivity index (χ0v) is 26.9. The predicted molar refractivity (Wildman–Crippen MR) is 172 cm³/mol. The number of ether oxygens (including phenoxy) is 1. The standard InChI is InChI=1S/C36H49N3O6/c1-4-5-18-29(33(41)38-31-19-11-12-21-36(31,44)22-13-20-32(40)45-25(2)3)37-34(42)30(23-26-14-7-6-8-15-26)39-24-27-16-9-10-17-28(27)35(39)43/h6-10,14-17,25,29-31,44H,4-5,11-13,18-24H2,1-3H3,(H,37,42)(H,38,41). The Balaban J connectivity index is 1.48. The summed E-state index contributed by atoms with van der Waals surface area (Å²) in [6.45, 7) is 5.96. The largest absolute Gasteiger partial charge is 0.463 e. The first-order valence-electron chi connectivity index (χ1n) is 16.6. The van der Waals surface area contributed by atoms with Gasteiger partial charge < -0.3 is 25.4 Å². The highest BCUT2D eigenvalue weighted by atomic mass is 16.5. The Kier molecular flexibility index (Phi) is 12.2. The van der Waals surface area contributed by atoms with E-state index in [9.17, 15) is 24.3 Å². The van der Waals surface area contributed by atoms with Crippen LogP contribution in [0.3, 0.4) is 0 Å². The van der Waals surface area contributed by atoms with Crippen LogP contribution in [0.15, 0.2) is 54.6 Å². The molecule has 1 heterocycles. The minimum atomic E-state index is -1.14. The monoisotopic (exact) mass is 619 g/mol. The molecule has 1 aliphatic carbocycles. The van der Waals surface area contributed by atoms with Crippen molar-refractivity contribution in [2.75, 3.05) is 0 Å². The lowest BCUT2D eigenvalue weighted by Gasteiger charge is -2.41. The molecule has 0 spiro atoms. The molecule has 0 bridgehead atoms. The average molecular weight is 620 g/mol. The van der Waals surface area contributed by atoms with E-state index in [0.717, 1.165) is 36.8 Å². The molecule has 3 amide bonds. The number of nitrogens with one attached hydrogen (secondary N) is 2. The van der Waals surface area contributed by atoms with Gasteiger partial charge in [0.2, 0.25) is 11.8 Å². The van der Waals surface area contributed by atoms with Gasteiger partial charge in [0.15, 0.2) is 0 Å². The van der Waals surface area contributed by atoms with Gasteiger partial charge in [0.1, 0.15) is 12.1 Å². The molecule has 4 unspecified atom stereocenters. The van der Waals surface area contributed by atoms with Gasteiger partial charge in [-0.1, -0.05) is 81.1 Å². The van der Waals surface area contributed by atoms with Crippen LogP contribution < -0.4 is 10.6 Å². The first-order valence-corrected chi connectivity index (χ1v) is 16.6. The van der Waals surface area contributed by atoms with E-state index in [1.54, 1.807) is 24.8 Å². The van der Waals surface area contributed by atoms with Crippen LogP contribution in [0.2, 0.25) is 0 Å². The summed E-state index contributed by atoms with van der Waals surface area (Å²) in [5.41, 5.74) is 1.25. The van der Waals surface area contributed by atoms with Crippen molar-refractivity contribution < 1.29 is 29.0 Å². The molecule has 4 rings (SSSR count). The van der Waals surface area contributed by atoms with Crippen molar-refractivity contribution in [2.45, 2.75) is 128 Å². The molecule has 1 saturated carbocycles. The summed E-state index contributed by atoms with van der Waals surface area (Å²) in [7, 11) is 0. The van der Waals surface area contributed by atoms with E-state index in [0.29, 0.717) is 50.6 Å². The number of rotatable bonds is 15. The van der Waals surface area contributed by atoms with Gasteiger partial charge >= 0.3 is 5.97 Å². The molecule has 1 aliphatic heterocycles. The number of carbonyl (C=O) groups excluding carboxylic acids is 4. The minimum absolute atomic E-state index is 0.191. The number of unbranched alkanes of at least 4 members (excludes halogenated alkanes) is 1. The van der Waals surface area contributed by atoms with E-state index in [4.69, 9.17) is 4.74 Å². The van der Waals surface area contributed by atoms with Gasteiger partial charge in [0.25, 0.3) is 5.91 Å². The number of benzene rings is 2. The Morgan fingerprint density at radius 3 is 2.47 bits per heavy atom. The number of hydrogen-bond donors (Lipinski definition) is 3. The third-order valence-corrected chi connectivity index (χ3v) is 8.95. The van der Waals surface area contributed by atoms with Gasteiger partial charge in [-0.05, 0) is 63.1 Å². The Morgan fingerprint density at radius 1 is 1.02 bits per heavy atom. The number of hydrogen-bond acceptors (Lipinski definition) is 6. The molecule has 1 fully saturated rings. The van der Waals surface area contributed by atoms with Crippen LogP contribution in [0.5, 0.6) is 0 Å². The smallest absolute Gasteiger partial charge is 0.306 e. The number of fused-ring (bicyclic) bond motifs is 1. The minimum Gasteiger partial charge on any atom is -0.463 e. The fourth-order valence-corrected chi connectivity index (χ4v) is 6.52. The molecule has 4 atom stereocenters. The second kappa shape index (κ2) is 16.0. The van der Waals surface area contributed by atoms with Crippen LogP contribution in [-0.4, -0.2) is 63.5 Å². The maximum absolute atomic E-state index is 14.0. The van der Waals surface area contributed by atoms with E-state index in [-0.39, 0.29) is 36.2 Å². The SMILES string of the molecule is CCCCC(NC(=O)C(Cc1ccccc1)N1Cc2ccccc2C1=O)C(=O)NC1CCCCC1(O)CCCC(=O)OC(C)C. The molecular weight excluding hydrogens is 570 g/mol. The predicted octanol–water partition coefficient (Wildman–Crippen LogP) is 4.84. The molecule has 45 heavy (non-hydrogen) atoms. The molecule has 2 aliphatic rings. The van der Waals surface area contributed by atoms with Crippen molar-refractivity contribution in [3.8, 4) is 0 Å². The van der Waals surface area contributed by atoms with Crippen LogP contribution in [0.1, 0.15) is 106 Å². The van der Waals surface area contributed by atoms with E-state index >= 15 is 0 Å². The van der Waals surface area contributed by atoms with Crippen LogP contribution in [-0.2, 0) is 32.1 Å². The van der Waals surface area contributed by atoms with Gasteiger partial charge in [-0.15, -0.1) is 0 Å². The Bertz CT molecular complexity index is 1310. The van der Waals surface area contributed by atoms with Crippen LogP contribution in [0, 0.1) is 0 Å². The fraction of sp³-hybridized carbons (Fsp3) is 0.556. The van der Waals surface area contributed by atoms with Crippen molar-refractivity contribution in [2.24, 2.45) is 0 Å². The summed E-state index contributed by atoms with van der Waals surface area (Å²) in [5.74, 6) is -1.20. The third-order valence-electron chi connectivity index (χ3n) is 8.95. The molecule has 9 heteroatoms. The van der Waals surface area contributed by atoms with Crippen molar-refractivity contribution in [3.63, 3.8) is 0 Å². The maximum atomic E-state index is 14.0. The molecule has 2 aromatic carbocycles.